The predicted molar refractivity (Wildman–Crippen MR) is 97.5 cm³/mol. The Kier molecular flexibility index (Phi) is 6.14. The SMILES string of the molecule is CCOc1ncccc1CNC(=O)CCc1ncc(-c2ccccc2F)o1. The number of benzene rings is 1. The van der Waals surface area contributed by atoms with Gasteiger partial charge in [0.05, 0.1) is 18.4 Å². The molecule has 1 N–H and O–H groups in total. The molecule has 0 radical (unpaired) electrons. The van der Waals surface area contributed by atoms with Crippen LogP contribution in [0.5, 0.6) is 5.88 Å². The van der Waals surface area contributed by atoms with E-state index >= 15 is 0 Å². The van der Waals surface area contributed by atoms with Crippen LogP contribution in [0.1, 0.15) is 24.8 Å². The number of pyridine rings is 1. The number of halogens is 1. The van der Waals surface area contributed by atoms with Crippen molar-refractivity contribution in [3.05, 3.63) is 66.1 Å². The van der Waals surface area contributed by atoms with Crippen molar-refractivity contribution >= 4 is 5.91 Å². The Morgan fingerprint density at radius 3 is 2.89 bits per heavy atom. The summed E-state index contributed by atoms with van der Waals surface area (Å²) in [5, 5.41) is 2.83. The van der Waals surface area contributed by atoms with Crippen LogP contribution in [0.25, 0.3) is 11.3 Å². The summed E-state index contributed by atoms with van der Waals surface area (Å²) in [6.45, 7) is 2.71. The molecule has 0 bridgehead atoms. The number of amides is 1. The topological polar surface area (TPSA) is 77.2 Å². The van der Waals surface area contributed by atoms with E-state index in [1.165, 1.54) is 12.3 Å². The van der Waals surface area contributed by atoms with Gasteiger partial charge in [-0.25, -0.2) is 14.4 Å². The number of aryl methyl sites for hydroxylation is 1. The smallest absolute Gasteiger partial charge is 0.220 e. The van der Waals surface area contributed by atoms with Gasteiger partial charge in [-0.3, -0.25) is 4.79 Å². The Labute approximate surface area is 156 Å². The quantitative estimate of drug-likeness (QED) is 0.657. The molecular formula is C20H20FN3O3. The van der Waals surface area contributed by atoms with Crippen LogP contribution in [0.2, 0.25) is 0 Å². The Balaban J connectivity index is 1.52. The molecule has 0 saturated heterocycles. The molecule has 2 aromatic heterocycles. The van der Waals surface area contributed by atoms with E-state index in [0.717, 1.165) is 5.56 Å². The highest BCUT2D eigenvalue weighted by Gasteiger charge is 2.12. The normalized spacial score (nSPS) is 10.6. The third-order valence-electron chi connectivity index (χ3n) is 3.87. The first-order chi connectivity index (χ1) is 13.2. The van der Waals surface area contributed by atoms with E-state index in [0.29, 0.717) is 42.7 Å². The molecule has 6 nitrogen and oxygen atoms in total. The first kappa shape index (κ1) is 18.6. The van der Waals surface area contributed by atoms with E-state index in [-0.39, 0.29) is 18.1 Å². The zero-order valence-corrected chi connectivity index (χ0v) is 14.9. The zero-order valence-electron chi connectivity index (χ0n) is 14.9. The van der Waals surface area contributed by atoms with Gasteiger partial charge in [-0.05, 0) is 25.1 Å². The standard InChI is InChI=1S/C20H20FN3O3/c1-2-26-20-14(6-5-11-22-20)12-23-18(25)9-10-19-24-13-17(27-19)15-7-3-4-8-16(15)21/h3-8,11,13H,2,9-10,12H2,1H3,(H,23,25). The third kappa shape index (κ3) is 4.91. The summed E-state index contributed by atoms with van der Waals surface area (Å²) in [5.41, 5.74) is 1.16. The van der Waals surface area contributed by atoms with Gasteiger partial charge in [0.2, 0.25) is 11.8 Å². The first-order valence-corrected chi connectivity index (χ1v) is 8.70. The van der Waals surface area contributed by atoms with Crippen LogP contribution in [-0.2, 0) is 17.8 Å². The largest absolute Gasteiger partial charge is 0.478 e. The minimum absolute atomic E-state index is 0.146. The second kappa shape index (κ2) is 8.93. The number of carbonyl (C=O) groups is 1. The second-order valence-electron chi connectivity index (χ2n) is 5.78. The maximum Gasteiger partial charge on any atom is 0.220 e. The van der Waals surface area contributed by atoms with E-state index in [4.69, 9.17) is 9.15 Å². The Hall–Kier alpha value is -3.22. The molecule has 0 aliphatic heterocycles. The molecule has 27 heavy (non-hydrogen) atoms. The monoisotopic (exact) mass is 369 g/mol. The molecule has 0 fully saturated rings. The summed E-state index contributed by atoms with van der Waals surface area (Å²) >= 11 is 0. The van der Waals surface area contributed by atoms with Gasteiger partial charge >= 0.3 is 0 Å². The maximum atomic E-state index is 13.8. The number of carbonyl (C=O) groups excluding carboxylic acids is 1. The minimum atomic E-state index is -0.375. The van der Waals surface area contributed by atoms with Gasteiger partial charge in [0.15, 0.2) is 11.7 Å². The fraction of sp³-hybridized carbons (Fsp3) is 0.250. The number of hydrogen-bond donors (Lipinski definition) is 1. The number of aromatic nitrogens is 2. The summed E-state index contributed by atoms with van der Waals surface area (Å²) in [6, 6.07) is 9.97. The molecule has 3 rings (SSSR count). The average molecular weight is 369 g/mol. The predicted octanol–water partition coefficient (Wildman–Crippen LogP) is 3.52. The van der Waals surface area contributed by atoms with Gasteiger partial charge in [-0.2, -0.15) is 0 Å². The molecule has 7 heteroatoms. The van der Waals surface area contributed by atoms with Crippen molar-refractivity contribution in [2.75, 3.05) is 6.61 Å². The number of rotatable bonds is 8. The van der Waals surface area contributed by atoms with Gasteiger partial charge < -0.3 is 14.5 Å². The van der Waals surface area contributed by atoms with E-state index in [1.807, 2.05) is 13.0 Å². The number of nitrogens with zero attached hydrogens (tertiary/aromatic N) is 2. The van der Waals surface area contributed by atoms with Crippen molar-refractivity contribution in [1.82, 2.24) is 15.3 Å². The average Bonchev–Trinajstić information content (AvgIpc) is 3.15. The van der Waals surface area contributed by atoms with Crippen LogP contribution < -0.4 is 10.1 Å². The van der Waals surface area contributed by atoms with E-state index in [1.54, 1.807) is 30.5 Å². The van der Waals surface area contributed by atoms with Gasteiger partial charge in [0, 0.05) is 31.1 Å². The van der Waals surface area contributed by atoms with Gasteiger partial charge in [-0.15, -0.1) is 0 Å². The molecular weight excluding hydrogens is 349 g/mol. The van der Waals surface area contributed by atoms with Crippen molar-refractivity contribution < 1.29 is 18.3 Å². The summed E-state index contributed by atoms with van der Waals surface area (Å²) in [4.78, 5) is 20.4. The van der Waals surface area contributed by atoms with Crippen LogP contribution in [0.15, 0.2) is 53.2 Å². The summed E-state index contributed by atoms with van der Waals surface area (Å²) < 4.78 is 24.8. The molecule has 0 unspecified atom stereocenters. The van der Waals surface area contributed by atoms with Crippen molar-refractivity contribution in [2.24, 2.45) is 0 Å². The minimum Gasteiger partial charge on any atom is -0.478 e. The van der Waals surface area contributed by atoms with E-state index in [2.05, 4.69) is 15.3 Å². The van der Waals surface area contributed by atoms with Gasteiger partial charge in [0.25, 0.3) is 0 Å². The van der Waals surface area contributed by atoms with Crippen LogP contribution in [0.3, 0.4) is 0 Å². The lowest BCUT2D eigenvalue weighted by Gasteiger charge is -2.09. The number of ether oxygens (including phenoxy) is 1. The Bertz CT molecular complexity index is 911. The van der Waals surface area contributed by atoms with Crippen molar-refractivity contribution in [3.63, 3.8) is 0 Å². The molecule has 0 spiro atoms. The second-order valence-corrected chi connectivity index (χ2v) is 5.78. The third-order valence-corrected chi connectivity index (χ3v) is 3.87. The van der Waals surface area contributed by atoms with Gasteiger partial charge in [0.1, 0.15) is 5.82 Å². The van der Waals surface area contributed by atoms with Crippen molar-refractivity contribution in [1.29, 1.82) is 0 Å². The molecule has 140 valence electrons. The fourth-order valence-electron chi connectivity index (χ4n) is 2.54. The zero-order chi connectivity index (χ0) is 19.1. The fourth-order valence-corrected chi connectivity index (χ4v) is 2.54. The molecule has 0 aliphatic carbocycles. The summed E-state index contributed by atoms with van der Waals surface area (Å²) in [7, 11) is 0. The Morgan fingerprint density at radius 1 is 1.22 bits per heavy atom. The van der Waals surface area contributed by atoms with Crippen molar-refractivity contribution in [2.45, 2.75) is 26.3 Å². The molecule has 2 heterocycles. The number of hydrogen-bond acceptors (Lipinski definition) is 5. The highest BCUT2D eigenvalue weighted by Crippen LogP contribution is 2.23. The van der Waals surface area contributed by atoms with Crippen molar-refractivity contribution in [3.8, 4) is 17.2 Å². The highest BCUT2D eigenvalue weighted by molar-refractivity contribution is 5.76. The van der Waals surface area contributed by atoms with Crippen LogP contribution in [0, 0.1) is 5.82 Å². The first-order valence-electron chi connectivity index (χ1n) is 8.70. The maximum absolute atomic E-state index is 13.8. The molecule has 3 aromatic rings. The van der Waals surface area contributed by atoms with Crippen LogP contribution in [-0.4, -0.2) is 22.5 Å². The molecule has 0 aliphatic rings. The number of oxazole rings is 1. The van der Waals surface area contributed by atoms with Crippen LogP contribution in [0.4, 0.5) is 4.39 Å². The van der Waals surface area contributed by atoms with Crippen LogP contribution >= 0.6 is 0 Å². The summed E-state index contributed by atoms with van der Waals surface area (Å²) in [5.74, 6) is 0.731. The molecule has 0 saturated carbocycles. The lowest BCUT2D eigenvalue weighted by Crippen LogP contribution is -2.23. The Morgan fingerprint density at radius 2 is 2.07 bits per heavy atom. The number of nitrogens with one attached hydrogen (secondary N) is 1. The molecule has 1 aromatic carbocycles. The lowest BCUT2D eigenvalue weighted by atomic mass is 10.2. The van der Waals surface area contributed by atoms with E-state index in [9.17, 15) is 9.18 Å². The lowest BCUT2D eigenvalue weighted by molar-refractivity contribution is -0.121. The summed E-state index contributed by atoms with van der Waals surface area (Å²) in [6.07, 6.45) is 3.65. The van der Waals surface area contributed by atoms with Gasteiger partial charge in [-0.1, -0.05) is 18.2 Å². The molecule has 1 amide bonds. The highest BCUT2D eigenvalue weighted by atomic mass is 19.1. The molecule has 0 atom stereocenters. The van der Waals surface area contributed by atoms with E-state index < -0.39 is 0 Å².